The number of aromatic nitrogens is 6. The molecule has 6 amide bonds. The summed E-state index contributed by atoms with van der Waals surface area (Å²) in [7, 11) is 0. The smallest absolute Gasteiger partial charge is 0.248 e. The third-order valence-electron chi connectivity index (χ3n) is 14.8. The Morgan fingerprint density at radius 3 is 2.25 bits per heavy atom. The van der Waals surface area contributed by atoms with Crippen molar-refractivity contribution in [3.63, 3.8) is 0 Å². The molecule has 2 unspecified atom stereocenters. The number of fused-ring (bicyclic) bond motifs is 6. The average molecular weight is 1140 g/mol. The van der Waals surface area contributed by atoms with Gasteiger partial charge in [0, 0.05) is 53.5 Å². The molecule has 0 aliphatic carbocycles. The first kappa shape index (κ1) is 58.0. The van der Waals surface area contributed by atoms with Crippen LogP contribution in [0.5, 0.6) is 0 Å². The fraction of sp³-hybridized carbons (Fsp3) is 0.431. The summed E-state index contributed by atoms with van der Waals surface area (Å²) in [6, 6.07) is 17.7. The van der Waals surface area contributed by atoms with Crippen molar-refractivity contribution in [3.05, 3.63) is 135 Å². The van der Waals surface area contributed by atoms with Crippen LogP contribution in [0.1, 0.15) is 104 Å². The number of carbonyl (C=O) groups excluding carboxylic acids is 6. The second-order valence-electron chi connectivity index (χ2n) is 22.2. The number of amides is 6. The minimum absolute atomic E-state index is 0.00299. The number of hydrogen-bond donors (Lipinski definition) is 6. The van der Waals surface area contributed by atoms with Crippen molar-refractivity contribution >= 4 is 64.1 Å². The topological polar surface area (TPSA) is 269 Å². The first-order valence-corrected chi connectivity index (χ1v) is 28.3. The van der Waals surface area contributed by atoms with Crippen molar-refractivity contribution < 1.29 is 38.6 Å². The van der Waals surface area contributed by atoms with Crippen LogP contribution in [0.25, 0.3) is 16.1 Å². The Balaban J connectivity index is 1.00. The van der Waals surface area contributed by atoms with Gasteiger partial charge in [-0.3, -0.25) is 38.3 Å². The maximum atomic E-state index is 14.8. The van der Waals surface area contributed by atoms with Gasteiger partial charge in [0.25, 0.3) is 0 Å². The normalized spacial score (nSPS) is 22.4. The Morgan fingerprint density at radius 1 is 0.852 bits per heavy atom. The van der Waals surface area contributed by atoms with E-state index in [0.29, 0.717) is 33.6 Å². The fourth-order valence-corrected chi connectivity index (χ4v) is 11.8. The van der Waals surface area contributed by atoms with Crippen molar-refractivity contribution in [2.24, 2.45) is 16.3 Å². The van der Waals surface area contributed by atoms with Crippen LogP contribution in [-0.4, -0.2) is 137 Å². The van der Waals surface area contributed by atoms with E-state index < -0.39 is 89.1 Å². The molecule has 2 bridgehead atoms. The summed E-state index contributed by atoms with van der Waals surface area (Å²) < 4.78 is 9.23. The van der Waals surface area contributed by atoms with Gasteiger partial charge < -0.3 is 41.3 Å². The number of rotatable bonds is 9. The largest absolute Gasteiger partial charge is 0.391 e. The maximum Gasteiger partial charge on any atom is 0.248 e. The van der Waals surface area contributed by atoms with Crippen LogP contribution >= 0.6 is 22.9 Å². The van der Waals surface area contributed by atoms with E-state index >= 15 is 0 Å². The lowest BCUT2D eigenvalue weighted by atomic mass is 9.85. The summed E-state index contributed by atoms with van der Waals surface area (Å²) in [5.41, 5.74) is 5.56. The molecule has 6 heterocycles. The van der Waals surface area contributed by atoms with Gasteiger partial charge in [0.2, 0.25) is 35.4 Å². The second-order valence-corrected chi connectivity index (χ2v) is 23.9. The molecule has 3 aliphatic heterocycles. The van der Waals surface area contributed by atoms with E-state index in [4.69, 9.17) is 21.3 Å². The molecule has 6 N–H and O–H groups in total. The number of aryl methyl sites for hydroxylation is 2. The predicted molar refractivity (Wildman–Crippen MR) is 304 cm³/mol. The number of nitrogens with zero attached hydrogens (tertiary/aromatic N) is 8. The summed E-state index contributed by atoms with van der Waals surface area (Å²) in [5.74, 6) is -3.29. The summed E-state index contributed by atoms with van der Waals surface area (Å²) in [6.07, 6.45) is 0.194. The van der Waals surface area contributed by atoms with Gasteiger partial charge in [-0.05, 0) is 66.5 Å². The molecule has 1 saturated heterocycles. The van der Waals surface area contributed by atoms with Gasteiger partial charge >= 0.3 is 0 Å². The Kier molecular flexibility index (Phi) is 17.6. The number of benzene rings is 3. The SMILES string of the molecule is Cc1sc2c(c1C)C(c1ccc(Cl)cc1)=N[C@@H](CC(=O)NC[C@H]1NC(=O)C(C(C)C)NC(=O)[C@@H](Cc3ccc(-c4ccccc4)cc3)NC(=O)[C@@H]3C[C@@H](O)CN3C(=O)C(C(C)(C)C)n3cc(nn3)COCCNC1=O)c1nnc(C)n1-2. The molecule has 3 aromatic carbocycles. The van der Waals surface area contributed by atoms with E-state index in [2.05, 4.69) is 47.1 Å². The summed E-state index contributed by atoms with van der Waals surface area (Å²) in [4.78, 5) is 94.8. The van der Waals surface area contributed by atoms with Gasteiger partial charge in [0.05, 0.1) is 37.6 Å². The molecule has 21 nitrogen and oxygen atoms in total. The van der Waals surface area contributed by atoms with E-state index in [1.165, 1.54) is 9.58 Å². The number of nitrogens with one attached hydrogen (secondary N) is 5. The summed E-state index contributed by atoms with van der Waals surface area (Å²) in [5, 5.41) is 44.1. The molecule has 3 aromatic heterocycles. The van der Waals surface area contributed by atoms with E-state index in [0.717, 1.165) is 37.7 Å². The van der Waals surface area contributed by atoms with Gasteiger partial charge in [-0.2, -0.15) is 0 Å². The molecular formula is C58H68ClN13O8S. The standard InChI is InChI=1S/C58H68ClN13O8S/c1-31(2)48-55(78)64-44(27-61-46(74)26-42-51-68-66-34(5)72(51)57-47(32(3)33(4)81-57)49(62-42)38-18-20-39(59)21-19-38)52(75)60-22-23-80-30-40-28-71(69-67-40)50(58(6,7)8)56(79)70-29-41(73)25-45(70)54(77)63-43(53(76)65-48)24-35-14-16-37(17-15-35)36-12-10-9-11-13-36/h9-21,28,31,41-45,48,50,73H,22-27,29-30H2,1-8H3,(H,60,75)(H,61,74)(H,63,77)(H,64,78)(H,65,76)/t41-,42+,43-,44-,45+,48?,50?/m1/s1. The van der Waals surface area contributed by atoms with Gasteiger partial charge in [-0.15, -0.1) is 26.6 Å². The first-order chi connectivity index (χ1) is 38.6. The third-order valence-corrected chi connectivity index (χ3v) is 16.2. The number of thiophene rings is 1. The average Bonchev–Trinajstić information content (AvgIpc) is 4.22. The number of aliphatic hydroxyl groups excluding tert-OH is 1. The second kappa shape index (κ2) is 24.6. The van der Waals surface area contributed by atoms with Crippen LogP contribution in [0.4, 0.5) is 0 Å². The summed E-state index contributed by atoms with van der Waals surface area (Å²) >= 11 is 7.90. The molecule has 9 rings (SSSR count). The van der Waals surface area contributed by atoms with Crippen LogP contribution in [-0.2, 0) is 46.5 Å². The van der Waals surface area contributed by atoms with Crippen LogP contribution in [0, 0.1) is 32.1 Å². The number of carbonyl (C=O) groups is 6. The zero-order chi connectivity index (χ0) is 57.9. The molecule has 3 aliphatic rings. The van der Waals surface area contributed by atoms with Gasteiger partial charge in [-0.1, -0.05) is 118 Å². The molecule has 1 fully saturated rings. The van der Waals surface area contributed by atoms with Gasteiger partial charge in [0.15, 0.2) is 5.82 Å². The van der Waals surface area contributed by atoms with E-state index in [-0.39, 0.29) is 52.1 Å². The minimum Gasteiger partial charge on any atom is -0.391 e. The Labute approximate surface area is 478 Å². The quantitative estimate of drug-likeness (QED) is 0.114. The lowest BCUT2D eigenvalue weighted by molar-refractivity contribution is -0.144. The zero-order valence-electron chi connectivity index (χ0n) is 46.5. The molecule has 81 heavy (non-hydrogen) atoms. The van der Waals surface area contributed by atoms with Crippen molar-refractivity contribution in [2.75, 3.05) is 26.2 Å². The molecule has 0 saturated carbocycles. The van der Waals surface area contributed by atoms with Crippen molar-refractivity contribution in [1.82, 2.24) is 61.2 Å². The molecular weight excluding hydrogens is 1070 g/mol. The highest BCUT2D eigenvalue weighted by atomic mass is 35.5. The minimum atomic E-state index is -1.37. The first-order valence-electron chi connectivity index (χ1n) is 27.1. The molecule has 0 spiro atoms. The highest BCUT2D eigenvalue weighted by Crippen LogP contribution is 2.40. The van der Waals surface area contributed by atoms with E-state index in [1.807, 2.05) is 113 Å². The van der Waals surface area contributed by atoms with Crippen molar-refractivity contribution in [2.45, 2.75) is 124 Å². The fourth-order valence-electron chi connectivity index (χ4n) is 10.4. The Hall–Kier alpha value is -7.66. The number of hydrogen-bond acceptors (Lipinski definition) is 14. The van der Waals surface area contributed by atoms with E-state index in [9.17, 15) is 33.9 Å². The highest BCUT2D eigenvalue weighted by molar-refractivity contribution is 7.15. The number of halogens is 1. The number of aliphatic imine (C=N–C) groups is 1. The van der Waals surface area contributed by atoms with Crippen molar-refractivity contribution in [3.8, 4) is 16.1 Å². The monoisotopic (exact) mass is 1140 g/mol. The Bertz CT molecular complexity index is 3330. The molecule has 6 aromatic rings. The lowest BCUT2D eigenvalue weighted by Crippen LogP contribution is -2.61. The number of aliphatic hydroxyl groups is 1. The molecule has 0 radical (unpaired) electrons. The van der Waals surface area contributed by atoms with Crippen LogP contribution in [0.3, 0.4) is 0 Å². The van der Waals surface area contributed by atoms with Gasteiger partial charge in [0.1, 0.15) is 52.8 Å². The zero-order valence-corrected chi connectivity index (χ0v) is 48.1. The molecule has 7 atom stereocenters. The number of ether oxygens (including phenoxy) is 1. The predicted octanol–water partition coefficient (Wildman–Crippen LogP) is 4.81. The molecule has 23 heteroatoms. The van der Waals surface area contributed by atoms with Crippen LogP contribution < -0.4 is 26.6 Å². The summed E-state index contributed by atoms with van der Waals surface area (Å²) in [6.45, 7) is 14.3. The van der Waals surface area contributed by atoms with Crippen LogP contribution in [0.2, 0.25) is 5.02 Å². The Morgan fingerprint density at radius 2 is 1.54 bits per heavy atom. The van der Waals surface area contributed by atoms with Crippen LogP contribution in [0.15, 0.2) is 90.1 Å². The van der Waals surface area contributed by atoms with E-state index in [1.54, 1.807) is 43.5 Å². The highest BCUT2D eigenvalue weighted by Gasteiger charge is 2.46. The maximum absolute atomic E-state index is 14.8. The van der Waals surface area contributed by atoms with Crippen molar-refractivity contribution in [1.29, 1.82) is 0 Å². The third kappa shape index (κ3) is 13.1. The van der Waals surface area contributed by atoms with Gasteiger partial charge in [-0.25, -0.2) is 4.68 Å². The lowest BCUT2D eigenvalue weighted by Gasteiger charge is -2.35. The molecule has 426 valence electrons.